The van der Waals surface area contributed by atoms with E-state index in [1.165, 1.54) is 0 Å². The van der Waals surface area contributed by atoms with Crippen LogP contribution in [0.15, 0.2) is 24.3 Å². The lowest BCUT2D eigenvalue weighted by Gasteiger charge is -2.32. The van der Waals surface area contributed by atoms with Crippen molar-refractivity contribution in [2.75, 3.05) is 0 Å². The van der Waals surface area contributed by atoms with Crippen molar-refractivity contribution in [3.05, 3.63) is 24.3 Å². The van der Waals surface area contributed by atoms with E-state index in [0.717, 1.165) is 5.46 Å². The summed E-state index contributed by atoms with van der Waals surface area (Å²) in [6, 6.07) is 7.59. The molecule has 1 aromatic carbocycles. The van der Waals surface area contributed by atoms with E-state index in [1.807, 2.05) is 65.8 Å². The maximum atomic E-state index is 11.0. The van der Waals surface area contributed by atoms with E-state index in [2.05, 4.69) is 0 Å². The predicted molar refractivity (Wildman–Crippen MR) is 98.3 cm³/mol. The highest BCUT2D eigenvalue weighted by atomic mass is 16.7. The van der Waals surface area contributed by atoms with Gasteiger partial charge in [-0.05, 0) is 65.6 Å². The molecular weight excluding hydrogens is 319 g/mol. The lowest BCUT2D eigenvalue weighted by atomic mass is 9.79. The number of carbonyl (C=O) groups is 1. The van der Waals surface area contributed by atoms with Crippen LogP contribution in [0.3, 0.4) is 0 Å². The minimum absolute atomic E-state index is 0.373. The molecular formula is C19H29BO5. The molecule has 0 bridgehead atoms. The van der Waals surface area contributed by atoms with Crippen molar-refractivity contribution in [2.24, 2.45) is 5.92 Å². The van der Waals surface area contributed by atoms with Crippen LogP contribution in [0.2, 0.25) is 0 Å². The number of ether oxygens (including phenoxy) is 1. The zero-order valence-corrected chi connectivity index (χ0v) is 16.3. The van der Waals surface area contributed by atoms with Crippen molar-refractivity contribution < 1.29 is 23.9 Å². The SMILES string of the molecule is CC(CC(C)(C)Oc1ccc(B2OC(C)(C)C(C)(C)O2)cc1)C(=O)O. The van der Waals surface area contributed by atoms with E-state index < -0.39 is 24.6 Å². The highest BCUT2D eigenvalue weighted by molar-refractivity contribution is 6.62. The average Bonchev–Trinajstić information content (AvgIpc) is 2.67. The van der Waals surface area contributed by atoms with E-state index in [-0.39, 0.29) is 11.2 Å². The van der Waals surface area contributed by atoms with Crippen LogP contribution in [0.25, 0.3) is 0 Å². The fourth-order valence-corrected chi connectivity index (χ4v) is 2.86. The minimum Gasteiger partial charge on any atom is -0.488 e. The van der Waals surface area contributed by atoms with Gasteiger partial charge in [-0.15, -0.1) is 0 Å². The Hall–Kier alpha value is -1.53. The van der Waals surface area contributed by atoms with Gasteiger partial charge in [0.1, 0.15) is 11.4 Å². The molecule has 6 heteroatoms. The first-order valence-corrected chi connectivity index (χ1v) is 8.70. The quantitative estimate of drug-likeness (QED) is 0.800. The Morgan fingerprint density at radius 3 is 2.08 bits per heavy atom. The van der Waals surface area contributed by atoms with Crippen LogP contribution in [0, 0.1) is 5.92 Å². The lowest BCUT2D eigenvalue weighted by Crippen LogP contribution is -2.41. The first kappa shape index (κ1) is 19.8. The van der Waals surface area contributed by atoms with Crippen LogP contribution in [0.4, 0.5) is 0 Å². The first-order valence-electron chi connectivity index (χ1n) is 8.70. The largest absolute Gasteiger partial charge is 0.494 e. The summed E-state index contributed by atoms with van der Waals surface area (Å²) >= 11 is 0. The summed E-state index contributed by atoms with van der Waals surface area (Å²) in [5.41, 5.74) is -0.379. The third kappa shape index (κ3) is 4.56. The van der Waals surface area contributed by atoms with Crippen molar-refractivity contribution in [1.29, 1.82) is 0 Å². The summed E-state index contributed by atoms with van der Waals surface area (Å²) in [6.45, 7) is 13.6. The lowest BCUT2D eigenvalue weighted by molar-refractivity contribution is -0.142. The van der Waals surface area contributed by atoms with Crippen LogP contribution < -0.4 is 10.2 Å². The summed E-state index contributed by atoms with van der Waals surface area (Å²) in [5.74, 6) is -0.574. The van der Waals surface area contributed by atoms with Gasteiger partial charge >= 0.3 is 13.1 Å². The highest BCUT2D eigenvalue weighted by Gasteiger charge is 2.51. The minimum atomic E-state index is -0.812. The van der Waals surface area contributed by atoms with Gasteiger partial charge in [0, 0.05) is 0 Å². The summed E-state index contributed by atoms with van der Waals surface area (Å²) in [6.07, 6.45) is 0.432. The molecule has 1 unspecified atom stereocenters. The topological polar surface area (TPSA) is 65.0 Å². The fraction of sp³-hybridized carbons (Fsp3) is 0.632. The Labute approximate surface area is 150 Å². The molecule has 1 saturated heterocycles. The standard InChI is InChI=1S/C19H29BO5/c1-13(16(21)22)12-17(2,3)23-15-10-8-14(9-11-15)20-24-18(4,5)19(6,7)25-20/h8-11,13H,12H2,1-7H3,(H,21,22). The third-order valence-corrected chi connectivity index (χ3v) is 5.02. The Balaban J connectivity index is 2.04. The van der Waals surface area contributed by atoms with E-state index >= 15 is 0 Å². The number of benzene rings is 1. The average molecular weight is 348 g/mol. The van der Waals surface area contributed by atoms with Crippen molar-refractivity contribution in [1.82, 2.24) is 0 Å². The van der Waals surface area contributed by atoms with E-state index in [9.17, 15) is 4.79 Å². The molecule has 1 N–H and O–H groups in total. The fourth-order valence-electron chi connectivity index (χ4n) is 2.86. The van der Waals surface area contributed by atoms with Gasteiger partial charge in [-0.1, -0.05) is 19.1 Å². The second kappa shape index (κ2) is 6.65. The highest BCUT2D eigenvalue weighted by Crippen LogP contribution is 2.36. The van der Waals surface area contributed by atoms with Crippen LogP contribution in [-0.2, 0) is 14.1 Å². The van der Waals surface area contributed by atoms with Crippen LogP contribution in [0.1, 0.15) is 54.9 Å². The molecule has 138 valence electrons. The molecule has 1 atom stereocenters. The molecule has 0 saturated carbocycles. The second-order valence-corrected chi connectivity index (χ2v) is 8.46. The Bertz CT molecular complexity index is 605. The van der Waals surface area contributed by atoms with Crippen molar-refractivity contribution in [2.45, 2.75) is 71.7 Å². The molecule has 25 heavy (non-hydrogen) atoms. The summed E-state index contributed by atoms with van der Waals surface area (Å²) < 4.78 is 18.1. The van der Waals surface area contributed by atoms with Gasteiger partial charge in [-0.25, -0.2) is 0 Å². The number of hydrogen-bond acceptors (Lipinski definition) is 4. The number of carboxylic acids is 1. The number of carboxylic acid groups (broad SMARTS) is 1. The third-order valence-electron chi connectivity index (χ3n) is 5.02. The van der Waals surface area contributed by atoms with Gasteiger partial charge in [0.15, 0.2) is 0 Å². The number of aliphatic carboxylic acids is 1. The van der Waals surface area contributed by atoms with E-state index in [0.29, 0.717) is 12.2 Å². The molecule has 2 rings (SSSR count). The van der Waals surface area contributed by atoms with Crippen molar-refractivity contribution >= 4 is 18.6 Å². The molecule has 1 aliphatic heterocycles. The zero-order chi connectivity index (χ0) is 19.0. The molecule has 0 aromatic heterocycles. The van der Waals surface area contributed by atoms with E-state index in [4.69, 9.17) is 19.2 Å². The maximum absolute atomic E-state index is 11.0. The van der Waals surface area contributed by atoms with Gasteiger partial charge in [-0.2, -0.15) is 0 Å². The first-order chi connectivity index (χ1) is 11.3. The molecule has 1 aromatic rings. The smallest absolute Gasteiger partial charge is 0.488 e. The number of rotatable bonds is 6. The molecule has 1 heterocycles. The van der Waals surface area contributed by atoms with Gasteiger partial charge in [0.25, 0.3) is 0 Å². The van der Waals surface area contributed by atoms with Crippen molar-refractivity contribution in [3.63, 3.8) is 0 Å². The molecule has 0 aliphatic carbocycles. The number of hydrogen-bond donors (Lipinski definition) is 1. The molecule has 1 aliphatic rings. The molecule has 5 nitrogen and oxygen atoms in total. The molecule has 0 radical (unpaired) electrons. The Morgan fingerprint density at radius 2 is 1.64 bits per heavy atom. The molecule has 0 amide bonds. The Morgan fingerprint density at radius 1 is 1.16 bits per heavy atom. The van der Waals surface area contributed by atoms with Crippen LogP contribution >= 0.6 is 0 Å². The van der Waals surface area contributed by atoms with Gasteiger partial charge in [0.2, 0.25) is 0 Å². The maximum Gasteiger partial charge on any atom is 0.494 e. The normalized spacial score (nSPS) is 20.4. The monoisotopic (exact) mass is 348 g/mol. The summed E-state index contributed by atoms with van der Waals surface area (Å²) in [4.78, 5) is 11.0. The van der Waals surface area contributed by atoms with Gasteiger partial charge in [-0.3, -0.25) is 4.79 Å². The zero-order valence-electron chi connectivity index (χ0n) is 16.3. The van der Waals surface area contributed by atoms with Crippen molar-refractivity contribution in [3.8, 4) is 5.75 Å². The van der Waals surface area contributed by atoms with Gasteiger partial charge in [0.05, 0.1) is 17.1 Å². The van der Waals surface area contributed by atoms with Gasteiger partial charge < -0.3 is 19.2 Å². The Kier molecular flexibility index (Phi) is 5.27. The van der Waals surface area contributed by atoms with E-state index in [1.54, 1.807) is 6.92 Å². The second-order valence-electron chi connectivity index (χ2n) is 8.46. The molecule has 1 fully saturated rings. The van der Waals surface area contributed by atoms with Crippen LogP contribution in [-0.4, -0.2) is 35.0 Å². The summed E-state index contributed by atoms with van der Waals surface area (Å²) in [5, 5.41) is 9.07. The molecule has 0 spiro atoms. The summed E-state index contributed by atoms with van der Waals surface area (Å²) in [7, 11) is -0.404. The van der Waals surface area contributed by atoms with Crippen LogP contribution in [0.5, 0.6) is 5.75 Å². The predicted octanol–water partition coefficient (Wildman–Crippen LogP) is 3.25.